The summed E-state index contributed by atoms with van der Waals surface area (Å²) in [6.45, 7) is 0. The number of amides is 2. The lowest BCUT2D eigenvalue weighted by Crippen LogP contribution is -2.61. The van der Waals surface area contributed by atoms with Crippen molar-refractivity contribution in [3.63, 3.8) is 0 Å². The van der Waals surface area contributed by atoms with E-state index in [1.54, 1.807) is 0 Å². The molecular formula is C19H27N3O3. The van der Waals surface area contributed by atoms with Crippen molar-refractivity contribution in [2.45, 2.75) is 75.8 Å². The van der Waals surface area contributed by atoms with Crippen molar-refractivity contribution in [3.05, 3.63) is 34.2 Å². The zero-order valence-electron chi connectivity index (χ0n) is 14.6. The molecule has 0 atom stereocenters. The molecule has 3 N–H and O–H groups in total. The second-order valence-electron chi connectivity index (χ2n) is 7.35. The summed E-state index contributed by atoms with van der Waals surface area (Å²) >= 11 is 0. The van der Waals surface area contributed by atoms with Gasteiger partial charge in [0, 0.05) is 18.3 Å². The topological polar surface area (TPSA) is 91.1 Å². The minimum absolute atomic E-state index is 0.0446. The first-order valence-electron chi connectivity index (χ1n) is 9.41. The largest absolute Gasteiger partial charge is 0.351 e. The van der Waals surface area contributed by atoms with Gasteiger partial charge < -0.3 is 15.6 Å². The maximum Gasteiger partial charge on any atom is 0.253 e. The summed E-state index contributed by atoms with van der Waals surface area (Å²) in [7, 11) is 0. The number of rotatable bonds is 4. The molecule has 0 radical (unpaired) electrons. The van der Waals surface area contributed by atoms with Crippen LogP contribution in [0.5, 0.6) is 0 Å². The molecule has 25 heavy (non-hydrogen) atoms. The highest BCUT2D eigenvalue weighted by Gasteiger charge is 2.41. The third kappa shape index (κ3) is 4.30. The number of aromatic amines is 1. The van der Waals surface area contributed by atoms with Gasteiger partial charge in [-0.15, -0.1) is 0 Å². The van der Waals surface area contributed by atoms with Crippen molar-refractivity contribution in [1.82, 2.24) is 15.6 Å². The van der Waals surface area contributed by atoms with Crippen molar-refractivity contribution in [2.75, 3.05) is 0 Å². The predicted molar refractivity (Wildman–Crippen MR) is 95.4 cm³/mol. The molecule has 0 spiro atoms. The van der Waals surface area contributed by atoms with Crippen molar-refractivity contribution in [2.24, 2.45) is 0 Å². The van der Waals surface area contributed by atoms with Gasteiger partial charge >= 0.3 is 0 Å². The maximum absolute atomic E-state index is 13.0. The Balaban J connectivity index is 1.73. The molecule has 1 aromatic rings. The first-order chi connectivity index (χ1) is 12.1. The first-order valence-corrected chi connectivity index (χ1v) is 9.41. The van der Waals surface area contributed by atoms with E-state index in [9.17, 15) is 14.4 Å². The summed E-state index contributed by atoms with van der Waals surface area (Å²) in [6, 6.07) is 3.04. The monoisotopic (exact) mass is 345 g/mol. The normalized spacial score (nSPS) is 20.6. The van der Waals surface area contributed by atoms with E-state index in [0.717, 1.165) is 44.9 Å². The van der Waals surface area contributed by atoms with Crippen molar-refractivity contribution in [1.29, 1.82) is 0 Å². The Morgan fingerprint density at radius 1 is 1.00 bits per heavy atom. The highest BCUT2D eigenvalue weighted by atomic mass is 16.2. The lowest BCUT2D eigenvalue weighted by molar-refractivity contribution is -0.129. The van der Waals surface area contributed by atoms with Crippen LogP contribution in [0.3, 0.4) is 0 Å². The number of pyridine rings is 1. The summed E-state index contributed by atoms with van der Waals surface area (Å²) in [4.78, 5) is 39.3. The summed E-state index contributed by atoms with van der Waals surface area (Å²) in [5.74, 6) is -0.353. The molecular weight excluding hydrogens is 318 g/mol. The van der Waals surface area contributed by atoms with Crippen molar-refractivity contribution < 1.29 is 9.59 Å². The fourth-order valence-electron chi connectivity index (χ4n) is 3.98. The predicted octanol–water partition coefficient (Wildman–Crippen LogP) is 2.26. The third-order valence-electron chi connectivity index (χ3n) is 5.48. The van der Waals surface area contributed by atoms with E-state index in [4.69, 9.17) is 0 Å². The van der Waals surface area contributed by atoms with E-state index in [-0.39, 0.29) is 23.4 Å². The number of carbonyl (C=O) groups is 2. The maximum atomic E-state index is 13.0. The van der Waals surface area contributed by atoms with Crippen molar-refractivity contribution in [3.8, 4) is 0 Å². The lowest BCUT2D eigenvalue weighted by Gasteiger charge is -2.38. The van der Waals surface area contributed by atoms with Gasteiger partial charge in [-0.2, -0.15) is 0 Å². The Bertz CT molecular complexity index is 650. The number of aromatic nitrogens is 1. The fraction of sp³-hybridized carbons (Fsp3) is 0.632. The Morgan fingerprint density at radius 2 is 1.68 bits per heavy atom. The Labute approximate surface area is 147 Å². The quantitative estimate of drug-likeness (QED) is 0.782. The van der Waals surface area contributed by atoms with Gasteiger partial charge in [-0.05, 0) is 31.7 Å². The molecule has 0 saturated heterocycles. The first kappa shape index (κ1) is 17.7. The number of hydrogen-bond acceptors (Lipinski definition) is 3. The summed E-state index contributed by atoms with van der Waals surface area (Å²) in [6.07, 6.45) is 11.3. The number of nitrogens with one attached hydrogen (secondary N) is 3. The molecule has 0 bridgehead atoms. The van der Waals surface area contributed by atoms with E-state index in [1.807, 2.05) is 0 Å². The molecule has 6 heteroatoms. The Kier molecular flexibility index (Phi) is 5.56. The van der Waals surface area contributed by atoms with E-state index < -0.39 is 5.54 Å². The van der Waals surface area contributed by atoms with Crippen LogP contribution in [0.15, 0.2) is 23.1 Å². The van der Waals surface area contributed by atoms with Crippen LogP contribution >= 0.6 is 0 Å². The summed E-state index contributed by atoms with van der Waals surface area (Å²) in [5.41, 5.74) is -0.711. The summed E-state index contributed by atoms with van der Waals surface area (Å²) < 4.78 is 0. The zero-order chi connectivity index (χ0) is 17.7. The van der Waals surface area contributed by atoms with Gasteiger partial charge in [0.2, 0.25) is 11.5 Å². The Hall–Kier alpha value is -2.11. The number of carbonyl (C=O) groups excluding carboxylic acids is 2. The van der Waals surface area contributed by atoms with Crippen LogP contribution in [-0.4, -0.2) is 28.4 Å². The minimum Gasteiger partial charge on any atom is -0.351 e. The van der Waals surface area contributed by atoms with E-state index in [2.05, 4.69) is 15.6 Å². The highest BCUT2D eigenvalue weighted by molar-refractivity contribution is 5.99. The third-order valence-corrected chi connectivity index (χ3v) is 5.48. The standard InChI is InChI=1S/C19H27N3O3/c23-16-10-9-14(13-20-16)17(24)22-19(11-5-2-6-12-19)18(25)21-15-7-3-1-4-8-15/h9-10,13,15H,1-8,11-12H2,(H,20,23)(H,21,25)(H,22,24). The average molecular weight is 345 g/mol. The van der Waals surface area contributed by atoms with E-state index in [1.165, 1.54) is 24.8 Å². The highest BCUT2D eigenvalue weighted by Crippen LogP contribution is 2.30. The molecule has 2 saturated carbocycles. The second-order valence-corrected chi connectivity index (χ2v) is 7.35. The minimum atomic E-state index is -0.830. The SMILES string of the molecule is O=C(NC1(C(=O)NC2CCCCC2)CCCCC1)c1ccc(=O)[nH]c1. The van der Waals surface area contributed by atoms with Gasteiger partial charge in [0.15, 0.2) is 0 Å². The molecule has 2 aliphatic carbocycles. The van der Waals surface area contributed by atoms with Gasteiger partial charge in [-0.3, -0.25) is 14.4 Å². The molecule has 2 amide bonds. The van der Waals surface area contributed by atoms with Crippen LogP contribution in [0, 0.1) is 0 Å². The Morgan fingerprint density at radius 3 is 2.32 bits per heavy atom. The van der Waals surface area contributed by atoms with E-state index in [0.29, 0.717) is 18.4 Å². The van der Waals surface area contributed by atoms with Crippen LogP contribution in [0.25, 0.3) is 0 Å². The molecule has 1 aromatic heterocycles. The molecule has 6 nitrogen and oxygen atoms in total. The fourth-order valence-corrected chi connectivity index (χ4v) is 3.98. The molecule has 3 rings (SSSR count). The molecule has 0 unspecified atom stereocenters. The number of hydrogen-bond donors (Lipinski definition) is 3. The number of H-pyrrole nitrogens is 1. The summed E-state index contributed by atoms with van der Waals surface area (Å²) in [5, 5.41) is 6.17. The van der Waals surface area contributed by atoms with Crippen LogP contribution in [0.4, 0.5) is 0 Å². The van der Waals surface area contributed by atoms with Gasteiger partial charge in [0.25, 0.3) is 5.91 Å². The van der Waals surface area contributed by atoms with Crippen molar-refractivity contribution >= 4 is 11.8 Å². The zero-order valence-corrected chi connectivity index (χ0v) is 14.6. The van der Waals surface area contributed by atoms with Gasteiger partial charge in [0.05, 0.1) is 5.56 Å². The van der Waals surface area contributed by atoms with Gasteiger partial charge in [-0.25, -0.2) is 0 Å². The average Bonchev–Trinajstić information content (AvgIpc) is 2.64. The van der Waals surface area contributed by atoms with Crippen LogP contribution < -0.4 is 16.2 Å². The molecule has 0 aromatic carbocycles. The molecule has 1 heterocycles. The molecule has 136 valence electrons. The second kappa shape index (κ2) is 7.85. The molecule has 2 fully saturated rings. The molecule has 2 aliphatic rings. The van der Waals surface area contributed by atoms with Crippen LogP contribution in [-0.2, 0) is 4.79 Å². The lowest BCUT2D eigenvalue weighted by atomic mass is 9.80. The van der Waals surface area contributed by atoms with Crippen LogP contribution in [0.2, 0.25) is 0 Å². The van der Waals surface area contributed by atoms with Gasteiger partial charge in [-0.1, -0.05) is 38.5 Å². The smallest absolute Gasteiger partial charge is 0.253 e. The van der Waals surface area contributed by atoms with Gasteiger partial charge in [0.1, 0.15) is 5.54 Å². The molecule has 0 aliphatic heterocycles. The van der Waals surface area contributed by atoms with Crippen LogP contribution in [0.1, 0.15) is 74.6 Å². The van der Waals surface area contributed by atoms with E-state index >= 15 is 0 Å².